The zero-order valence-corrected chi connectivity index (χ0v) is 14.6. The summed E-state index contributed by atoms with van der Waals surface area (Å²) in [5.41, 5.74) is 1.54. The van der Waals surface area contributed by atoms with Crippen molar-refractivity contribution in [2.75, 3.05) is 0 Å². The monoisotopic (exact) mass is 426 g/mol. The highest BCUT2D eigenvalue weighted by atomic mass is 127. The number of nitrogens with zero attached hydrogens (tertiary/aromatic N) is 2. The van der Waals surface area contributed by atoms with Gasteiger partial charge >= 0.3 is 0 Å². The first-order valence-electron chi connectivity index (χ1n) is 6.61. The Morgan fingerprint density at radius 1 is 1.27 bits per heavy atom. The average Bonchev–Trinajstić information content (AvgIpc) is 2.93. The van der Waals surface area contributed by atoms with Crippen LogP contribution in [-0.4, -0.2) is 16.8 Å². The van der Waals surface area contributed by atoms with Crippen LogP contribution in [0.3, 0.4) is 0 Å². The summed E-state index contributed by atoms with van der Waals surface area (Å²) in [5, 5.41) is 6.17. The van der Waals surface area contributed by atoms with Gasteiger partial charge in [-0.2, -0.15) is 5.01 Å². The Hall–Kier alpha value is -1.60. The predicted octanol–water partition coefficient (Wildman–Crippen LogP) is 4.18. The fourth-order valence-corrected chi connectivity index (χ4v) is 2.97. The minimum Gasteiger partial charge on any atom is -0.446 e. The lowest BCUT2D eigenvalue weighted by Gasteiger charge is -2.19. The molecule has 1 heterocycles. The Kier molecular flexibility index (Phi) is 4.35. The second-order valence-electron chi connectivity index (χ2n) is 4.77. The number of ether oxygens (including phenoxy) is 1. The van der Waals surface area contributed by atoms with Gasteiger partial charge in [0.15, 0.2) is 0 Å². The molecule has 0 spiro atoms. The fourth-order valence-electron chi connectivity index (χ4n) is 2.19. The Morgan fingerprint density at radius 2 is 2.05 bits per heavy atom. The third-order valence-electron chi connectivity index (χ3n) is 3.20. The maximum absolute atomic E-state index is 11.9. The molecule has 22 heavy (non-hydrogen) atoms. The highest BCUT2D eigenvalue weighted by Crippen LogP contribution is 2.32. The smallest absolute Gasteiger partial charge is 0.243 e. The van der Waals surface area contributed by atoms with E-state index in [1.54, 1.807) is 6.07 Å². The Labute approximate surface area is 146 Å². The summed E-state index contributed by atoms with van der Waals surface area (Å²) >= 11 is 8.41. The number of benzene rings is 2. The van der Waals surface area contributed by atoms with Gasteiger partial charge in [-0.3, -0.25) is 4.79 Å². The van der Waals surface area contributed by atoms with Gasteiger partial charge in [0.2, 0.25) is 18.0 Å². The highest BCUT2D eigenvalue weighted by molar-refractivity contribution is 14.1. The maximum Gasteiger partial charge on any atom is 0.243 e. The van der Waals surface area contributed by atoms with E-state index in [-0.39, 0.29) is 5.91 Å². The van der Waals surface area contributed by atoms with Crippen LogP contribution in [0.4, 0.5) is 0 Å². The first-order chi connectivity index (χ1) is 10.6. The van der Waals surface area contributed by atoms with Crippen molar-refractivity contribution in [2.45, 2.75) is 13.2 Å². The minimum absolute atomic E-state index is 0.189. The maximum atomic E-state index is 11.9. The highest BCUT2D eigenvalue weighted by Gasteiger charge is 2.33. The number of hydrazone groups is 1. The number of carbonyl (C=O) groups is 1. The number of rotatable bonds is 2. The van der Waals surface area contributed by atoms with Crippen molar-refractivity contribution in [1.82, 2.24) is 5.01 Å². The van der Waals surface area contributed by atoms with Gasteiger partial charge in [-0.1, -0.05) is 35.9 Å². The summed E-state index contributed by atoms with van der Waals surface area (Å²) in [6, 6.07) is 15.0. The predicted molar refractivity (Wildman–Crippen MR) is 93.5 cm³/mol. The van der Waals surface area contributed by atoms with E-state index in [2.05, 4.69) is 27.7 Å². The van der Waals surface area contributed by atoms with Crippen LogP contribution >= 0.6 is 34.2 Å². The zero-order valence-electron chi connectivity index (χ0n) is 11.7. The van der Waals surface area contributed by atoms with E-state index in [1.807, 2.05) is 42.5 Å². The molecule has 0 radical (unpaired) electrons. The van der Waals surface area contributed by atoms with Gasteiger partial charge in [0, 0.05) is 16.1 Å². The molecule has 0 N–H and O–H groups in total. The van der Waals surface area contributed by atoms with Crippen molar-refractivity contribution < 1.29 is 9.53 Å². The minimum atomic E-state index is -0.571. The second-order valence-corrected chi connectivity index (χ2v) is 6.43. The third kappa shape index (κ3) is 2.96. The molecule has 0 bridgehead atoms. The van der Waals surface area contributed by atoms with E-state index >= 15 is 0 Å². The molecule has 1 atom stereocenters. The molecule has 0 fully saturated rings. The van der Waals surface area contributed by atoms with Crippen molar-refractivity contribution in [3.63, 3.8) is 0 Å². The van der Waals surface area contributed by atoms with E-state index in [0.717, 1.165) is 9.13 Å². The molecule has 6 heteroatoms. The lowest BCUT2D eigenvalue weighted by molar-refractivity contribution is -0.135. The van der Waals surface area contributed by atoms with Gasteiger partial charge in [-0.05, 0) is 46.9 Å². The van der Waals surface area contributed by atoms with E-state index in [0.29, 0.717) is 16.5 Å². The average molecular weight is 427 g/mol. The normalized spacial score (nSPS) is 17.1. The van der Waals surface area contributed by atoms with Crippen LogP contribution in [0.15, 0.2) is 53.6 Å². The summed E-state index contributed by atoms with van der Waals surface area (Å²) in [7, 11) is 0. The first kappa shape index (κ1) is 15.3. The standard InChI is InChI=1S/C16H12ClIN2O2/c1-10(21)20-16(11-5-4-6-12(18)9-11)22-15(19-20)13-7-2-3-8-14(13)17/h2-9,16H,1H3. The van der Waals surface area contributed by atoms with Gasteiger partial charge < -0.3 is 4.74 Å². The van der Waals surface area contributed by atoms with Crippen LogP contribution in [0.25, 0.3) is 0 Å². The fraction of sp³-hybridized carbons (Fsp3) is 0.125. The second kappa shape index (κ2) is 6.26. The summed E-state index contributed by atoms with van der Waals surface area (Å²) < 4.78 is 6.97. The molecule has 0 saturated heterocycles. The molecule has 2 aromatic rings. The van der Waals surface area contributed by atoms with Crippen molar-refractivity contribution in [2.24, 2.45) is 5.10 Å². The summed E-state index contributed by atoms with van der Waals surface area (Å²) in [5.74, 6) is 0.163. The van der Waals surface area contributed by atoms with Gasteiger partial charge in [0.05, 0.1) is 10.6 Å². The molecule has 3 rings (SSSR count). The third-order valence-corrected chi connectivity index (χ3v) is 4.21. The molecule has 2 aromatic carbocycles. The topological polar surface area (TPSA) is 41.9 Å². The molecule has 4 nitrogen and oxygen atoms in total. The lowest BCUT2D eigenvalue weighted by atomic mass is 10.2. The van der Waals surface area contributed by atoms with Crippen LogP contribution in [0.5, 0.6) is 0 Å². The van der Waals surface area contributed by atoms with Gasteiger partial charge in [-0.15, -0.1) is 5.10 Å². The Bertz CT molecular complexity index is 763. The first-order valence-corrected chi connectivity index (χ1v) is 8.07. The van der Waals surface area contributed by atoms with Gasteiger partial charge in [0.25, 0.3) is 0 Å². The Balaban J connectivity index is 1.99. The number of amides is 1. The molecule has 112 valence electrons. The van der Waals surface area contributed by atoms with E-state index < -0.39 is 6.23 Å². The van der Waals surface area contributed by atoms with E-state index in [1.165, 1.54) is 11.9 Å². The Morgan fingerprint density at radius 3 is 2.73 bits per heavy atom. The molecule has 0 aliphatic carbocycles. The molecule has 1 unspecified atom stereocenters. The quantitative estimate of drug-likeness (QED) is 0.676. The zero-order chi connectivity index (χ0) is 15.7. The summed E-state index contributed by atoms with van der Waals surface area (Å²) in [6.07, 6.45) is -0.571. The van der Waals surface area contributed by atoms with Gasteiger partial charge in [0.1, 0.15) is 0 Å². The molecule has 1 aliphatic heterocycles. The van der Waals surface area contributed by atoms with Crippen molar-refractivity contribution in [3.05, 3.63) is 68.3 Å². The molecule has 1 aliphatic rings. The molecular weight excluding hydrogens is 415 g/mol. The number of hydrogen-bond donors (Lipinski definition) is 0. The summed E-state index contributed by atoms with van der Waals surface area (Å²) in [6.45, 7) is 1.46. The van der Waals surface area contributed by atoms with Crippen LogP contribution in [0.2, 0.25) is 5.02 Å². The van der Waals surface area contributed by atoms with Crippen LogP contribution in [0.1, 0.15) is 24.3 Å². The lowest BCUT2D eigenvalue weighted by Crippen LogP contribution is -2.25. The molecule has 1 amide bonds. The largest absolute Gasteiger partial charge is 0.446 e. The van der Waals surface area contributed by atoms with Crippen LogP contribution in [0, 0.1) is 3.57 Å². The molecule has 0 aromatic heterocycles. The van der Waals surface area contributed by atoms with E-state index in [4.69, 9.17) is 16.3 Å². The van der Waals surface area contributed by atoms with Crippen molar-refractivity contribution in [3.8, 4) is 0 Å². The number of carbonyl (C=O) groups excluding carboxylic acids is 1. The summed E-state index contributed by atoms with van der Waals surface area (Å²) in [4.78, 5) is 11.9. The SMILES string of the molecule is CC(=O)N1N=C(c2ccccc2Cl)OC1c1cccc(I)c1. The van der Waals surface area contributed by atoms with Crippen molar-refractivity contribution in [1.29, 1.82) is 0 Å². The van der Waals surface area contributed by atoms with E-state index in [9.17, 15) is 4.79 Å². The molecular formula is C16H12ClIN2O2. The number of halogens is 2. The van der Waals surface area contributed by atoms with Crippen molar-refractivity contribution >= 4 is 46.0 Å². The van der Waals surface area contributed by atoms with Crippen LogP contribution < -0.4 is 0 Å². The van der Waals surface area contributed by atoms with Gasteiger partial charge in [-0.25, -0.2) is 0 Å². The number of hydrogen-bond acceptors (Lipinski definition) is 3. The molecule has 0 saturated carbocycles. The van der Waals surface area contributed by atoms with Crippen LogP contribution in [-0.2, 0) is 9.53 Å².